The number of aryl methyl sites for hydroxylation is 1. The van der Waals surface area contributed by atoms with E-state index in [1.165, 1.54) is 6.92 Å². The molecule has 1 saturated heterocycles. The molecule has 1 aliphatic heterocycles. The molecule has 7 heteroatoms. The summed E-state index contributed by atoms with van der Waals surface area (Å²) in [6.07, 6.45) is 7.10. The number of carbonyl (C=O) groups excluding carboxylic acids is 2. The zero-order chi connectivity index (χ0) is 18.0. The molecule has 25 heavy (non-hydrogen) atoms. The zero-order valence-electron chi connectivity index (χ0n) is 14.8. The van der Waals surface area contributed by atoms with Crippen LogP contribution in [0.4, 0.5) is 0 Å². The summed E-state index contributed by atoms with van der Waals surface area (Å²) in [5.74, 6) is 0.714. The minimum atomic E-state index is -0.294. The lowest BCUT2D eigenvalue weighted by molar-refractivity contribution is -0.148. The van der Waals surface area contributed by atoms with Gasteiger partial charge in [0.15, 0.2) is 0 Å². The summed E-state index contributed by atoms with van der Waals surface area (Å²) >= 11 is 0. The van der Waals surface area contributed by atoms with Crippen LogP contribution in [-0.4, -0.2) is 55.8 Å². The van der Waals surface area contributed by atoms with Gasteiger partial charge >= 0.3 is 0 Å². The molecular formula is C18H23N5O2. The van der Waals surface area contributed by atoms with E-state index in [0.29, 0.717) is 19.6 Å². The molecule has 2 amide bonds. The first-order chi connectivity index (χ1) is 12.0. The average molecular weight is 341 g/mol. The SMILES string of the molecule is CCN(C(=O)C1CN(C(C)=O)C1)C(c1cccnc1)c1nccn1C. The number of nitrogens with zero attached hydrogens (tertiary/aromatic N) is 5. The Kier molecular flexibility index (Phi) is 4.83. The standard InChI is InChI=1S/C18H23N5O2/c1-4-23(18(25)15-11-22(12-15)13(2)24)16(14-6-5-7-19-10-14)17-20-8-9-21(17)3/h5-10,15-16H,4,11-12H2,1-3H3. The Balaban J connectivity index is 1.90. The van der Waals surface area contributed by atoms with E-state index in [9.17, 15) is 9.59 Å². The van der Waals surface area contributed by atoms with Gasteiger partial charge in [0.1, 0.15) is 11.9 Å². The number of likely N-dealkylation sites (tertiary alicyclic amines) is 1. The summed E-state index contributed by atoms with van der Waals surface area (Å²) < 4.78 is 1.93. The second-order valence-corrected chi connectivity index (χ2v) is 6.33. The Morgan fingerprint density at radius 3 is 2.64 bits per heavy atom. The van der Waals surface area contributed by atoms with Crippen molar-refractivity contribution < 1.29 is 9.59 Å². The van der Waals surface area contributed by atoms with E-state index >= 15 is 0 Å². The molecule has 0 N–H and O–H groups in total. The lowest BCUT2D eigenvalue weighted by Gasteiger charge is -2.41. The summed E-state index contributed by atoms with van der Waals surface area (Å²) in [5.41, 5.74) is 0.926. The molecule has 1 unspecified atom stereocenters. The minimum Gasteiger partial charge on any atom is -0.341 e. The molecule has 2 aromatic rings. The highest BCUT2D eigenvalue weighted by Crippen LogP contribution is 2.30. The monoisotopic (exact) mass is 341 g/mol. The van der Waals surface area contributed by atoms with Gasteiger partial charge in [-0.2, -0.15) is 0 Å². The molecule has 132 valence electrons. The van der Waals surface area contributed by atoms with Gasteiger partial charge in [0.2, 0.25) is 11.8 Å². The molecule has 0 aliphatic carbocycles. The van der Waals surface area contributed by atoms with Crippen molar-refractivity contribution in [3.05, 3.63) is 48.3 Å². The molecule has 1 fully saturated rings. The van der Waals surface area contributed by atoms with Gasteiger partial charge in [0, 0.05) is 64.0 Å². The fourth-order valence-corrected chi connectivity index (χ4v) is 3.24. The van der Waals surface area contributed by atoms with Gasteiger partial charge in [-0.25, -0.2) is 4.98 Å². The van der Waals surface area contributed by atoms with Crippen molar-refractivity contribution in [1.29, 1.82) is 0 Å². The molecule has 0 radical (unpaired) electrons. The van der Waals surface area contributed by atoms with Crippen LogP contribution in [0.15, 0.2) is 36.9 Å². The fraction of sp³-hybridized carbons (Fsp3) is 0.444. The predicted octanol–water partition coefficient (Wildman–Crippen LogP) is 1.23. The predicted molar refractivity (Wildman–Crippen MR) is 92.4 cm³/mol. The molecule has 0 saturated carbocycles. The first-order valence-corrected chi connectivity index (χ1v) is 8.46. The van der Waals surface area contributed by atoms with Crippen LogP contribution in [0.5, 0.6) is 0 Å². The Hall–Kier alpha value is -2.70. The summed E-state index contributed by atoms with van der Waals surface area (Å²) in [4.78, 5) is 36.7. The maximum atomic E-state index is 13.1. The van der Waals surface area contributed by atoms with E-state index in [1.807, 2.05) is 41.8 Å². The first-order valence-electron chi connectivity index (χ1n) is 8.46. The van der Waals surface area contributed by atoms with E-state index in [1.54, 1.807) is 23.5 Å². The summed E-state index contributed by atoms with van der Waals surface area (Å²) in [6.45, 7) is 5.04. The van der Waals surface area contributed by atoms with E-state index in [2.05, 4.69) is 9.97 Å². The number of aromatic nitrogens is 3. The van der Waals surface area contributed by atoms with Crippen LogP contribution < -0.4 is 0 Å². The summed E-state index contributed by atoms with van der Waals surface area (Å²) in [6, 6.07) is 3.53. The van der Waals surface area contributed by atoms with Gasteiger partial charge in [-0.15, -0.1) is 0 Å². The van der Waals surface area contributed by atoms with Crippen LogP contribution in [0.3, 0.4) is 0 Å². The molecule has 2 aromatic heterocycles. The number of pyridine rings is 1. The van der Waals surface area contributed by atoms with Gasteiger partial charge in [-0.1, -0.05) is 6.07 Å². The smallest absolute Gasteiger partial charge is 0.230 e. The highest BCUT2D eigenvalue weighted by Gasteiger charge is 2.39. The number of hydrogen-bond donors (Lipinski definition) is 0. The van der Waals surface area contributed by atoms with Crippen molar-refractivity contribution in [3.8, 4) is 0 Å². The van der Waals surface area contributed by atoms with Crippen LogP contribution in [0, 0.1) is 5.92 Å². The Morgan fingerprint density at radius 2 is 2.12 bits per heavy atom. The molecule has 7 nitrogen and oxygen atoms in total. The van der Waals surface area contributed by atoms with Crippen molar-refractivity contribution in [2.45, 2.75) is 19.9 Å². The molecule has 1 aliphatic rings. The maximum absolute atomic E-state index is 13.1. The highest BCUT2D eigenvalue weighted by molar-refractivity contribution is 5.84. The third kappa shape index (κ3) is 3.26. The summed E-state index contributed by atoms with van der Waals surface area (Å²) in [5, 5.41) is 0. The first kappa shape index (κ1) is 17.1. The van der Waals surface area contributed by atoms with Crippen LogP contribution >= 0.6 is 0 Å². The molecule has 3 heterocycles. The molecule has 1 atom stereocenters. The van der Waals surface area contributed by atoms with Crippen molar-refractivity contribution >= 4 is 11.8 Å². The highest BCUT2D eigenvalue weighted by atomic mass is 16.2. The normalized spacial score (nSPS) is 15.6. The van der Waals surface area contributed by atoms with E-state index in [4.69, 9.17) is 0 Å². The third-order valence-electron chi connectivity index (χ3n) is 4.71. The lowest BCUT2D eigenvalue weighted by atomic mass is 9.96. The van der Waals surface area contributed by atoms with Gasteiger partial charge in [0.05, 0.1) is 5.92 Å². The number of imidazole rings is 1. The maximum Gasteiger partial charge on any atom is 0.230 e. The van der Waals surface area contributed by atoms with Crippen molar-refractivity contribution in [2.24, 2.45) is 13.0 Å². The second kappa shape index (κ2) is 7.04. The lowest BCUT2D eigenvalue weighted by Crippen LogP contribution is -2.56. The van der Waals surface area contributed by atoms with E-state index < -0.39 is 0 Å². The van der Waals surface area contributed by atoms with Gasteiger partial charge in [-0.3, -0.25) is 14.6 Å². The molecule has 0 bridgehead atoms. The largest absolute Gasteiger partial charge is 0.341 e. The zero-order valence-corrected chi connectivity index (χ0v) is 14.8. The van der Waals surface area contributed by atoms with Crippen LogP contribution in [0.25, 0.3) is 0 Å². The Labute approximate surface area is 147 Å². The van der Waals surface area contributed by atoms with Gasteiger partial charge in [0.25, 0.3) is 0 Å². The van der Waals surface area contributed by atoms with E-state index in [-0.39, 0.29) is 23.8 Å². The molecule has 0 spiro atoms. The van der Waals surface area contributed by atoms with Gasteiger partial charge < -0.3 is 14.4 Å². The van der Waals surface area contributed by atoms with Crippen LogP contribution in [0.1, 0.15) is 31.3 Å². The van der Waals surface area contributed by atoms with Crippen LogP contribution in [-0.2, 0) is 16.6 Å². The second-order valence-electron chi connectivity index (χ2n) is 6.33. The Bertz CT molecular complexity index is 752. The fourth-order valence-electron chi connectivity index (χ4n) is 3.24. The number of carbonyl (C=O) groups is 2. The topological polar surface area (TPSA) is 71.3 Å². The number of amides is 2. The van der Waals surface area contributed by atoms with E-state index in [0.717, 1.165) is 11.4 Å². The van der Waals surface area contributed by atoms with Gasteiger partial charge in [-0.05, 0) is 13.0 Å². The molecule has 0 aromatic carbocycles. The average Bonchev–Trinajstić information content (AvgIpc) is 2.97. The number of rotatable bonds is 5. The quantitative estimate of drug-likeness (QED) is 0.820. The number of hydrogen-bond acceptors (Lipinski definition) is 4. The van der Waals surface area contributed by atoms with Crippen LogP contribution in [0.2, 0.25) is 0 Å². The van der Waals surface area contributed by atoms with Crippen molar-refractivity contribution in [2.75, 3.05) is 19.6 Å². The third-order valence-corrected chi connectivity index (χ3v) is 4.71. The molecule has 3 rings (SSSR count). The Morgan fingerprint density at radius 1 is 1.36 bits per heavy atom. The molecular weight excluding hydrogens is 318 g/mol. The minimum absolute atomic E-state index is 0.0139. The van der Waals surface area contributed by atoms with Crippen molar-refractivity contribution in [3.63, 3.8) is 0 Å². The summed E-state index contributed by atoms with van der Waals surface area (Å²) in [7, 11) is 1.92. The van der Waals surface area contributed by atoms with Crippen molar-refractivity contribution in [1.82, 2.24) is 24.3 Å².